The van der Waals surface area contributed by atoms with Gasteiger partial charge in [0.2, 0.25) is 0 Å². The molecule has 6 heteroatoms. The molecule has 0 atom stereocenters. The molecule has 0 spiro atoms. The number of hydrogen-bond donors (Lipinski definition) is 2. The van der Waals surface area contributed by atoms with Crippen LogP contribution >= 0.6 is 0 Å². The largest absolute Gasteiger partial charge is 0.346 e. The van der Waals surface area contributed by atoms with Crippen LogP contribution in [0.3, 0.4) is 0 Å². The molecule has 2 rings (SSSR count). The predicted molar refractivity (Wildman–Crippen MR) is 75.5 cm³/mol. The Hall–Kier alpha value is -2.78. The molecule has 0 aliphatic carbocycles. The number of nitrogens with one attached hydrogen (secondary N) is 1. The highest BCUT2D eigenvalue weighted by Crippen LogP contribution is 2.10. The van der Waals surface area contributed by atoms with Gasteiger partial charge in [-0.15, -0.1) is 0 Å². The Morgan fingerprint density at radius 3 is 2.95 bits per heavy atom. The third-order valence-corrected chi connectivity index (χ3v) is 2.61. The molecular formula is C15H13FN4O. The number of amides is 1. The van der Waals surface area contributed by atoms with Crippen molar-refractivity contribution in [1.29, 1.82) is 0 Å². The third kappa shape index (κ3) is 4.09. The highest BCUT2D eigenvalue weighted by atomic mass is 19.1. The number of rotatable bonds is 3. The first-order chi connectivity index (χ1) is 10.2. The minimum atomic E-state index is -0.457. The lowest BCUT2D eigenvalue weighted by Crippen LogP contribution is -2.24. The molecule has 5 nitrogen and oxygen atoms in total. The summed E-state index contributed by atoms with van der Waals surface area (Å²) in [5.41, 5.74) is 6.52. The van der Waals surface area contributed by atoms with E-state index < -0.39 is 5.82 Å². The van der Waals surface area contributed by atoms with Crippen molar-refractivity contribution in [3.05, 3.63) is 59.2 Å². The van der Waals surface area contributed by atoms with E-state index in [0.717, 1.165) is 0 Å². The summed E-state index contributed by atoms with van der Waals surface area (Å²) in [6.07, 6.45) is 1.55. The monoisotopic (exact) mass is 284 g/mol. The van der Waals surface area contributed by atoms with Crippen LogP contribution in [0.15, 0.2) is 36.5 Å². The van der Waals surface area contributed by atoms with Crippen molar-refractivity contribution in [1.82, 2.24) is 15.5 Å². The Labute approximate surface area is 121 Å². The molecule has 0 aliphatic rings. The molecule has 0 unspecified atom stereocenters. The van der Waals surface area contributed by atoms with Gasteiger partial charge in [0.15, 0.2) is 0 Å². The fourth-order valence-electron chi connectivity index (χ4n) is 1.66. The van der Waals surface area contributed by atoms with E-state index in [4.69, 9.17) is 5.73 Å². The SMILES string of the molecule is NCC#Cc1cc(F)ccc1C(=O)NCc1cccnn1. The Morgan fingerprint density at radius 2 is 2.24 bits per heavy atom. The summed E-state index contributed by atoms with van der Waals surface area (Å²) in [5, 5.41) is 10.3. The molecule has 0 fully saturated rings. The van der Waals surface area contributed by atoms with Gasteiger partial charge in [0, 0.05) is 11.8 Å². The zero-order valence-electron chi connectivity index (χ0n) is 11.1. The van der Waals surface area contributed by atoms with Crippen LogP contribution in [0, 0.1) is 17.7 Å². The van der Waals surface area contributed by atoms with E-state index in [2.05, 4.69) is 27.4 Å². The molecule has 0 bridgehead atoms. The number of nitrogens with zero attached hydrogens (tertiary/aromatic N) is 2. The van der Waals surface area contributed by atoms with Crippen molar-refractivity contribution >= 4 is 5.91 Å². The van der Waals surface area contributed by atoms with Gasteiger partial charge in [-0.25, -0.2) is 4.39 Å². The van der Waals surface area contributed by atoms with Gasteiger partial charge in [-0.1, -0.05) is 11.8 Å². The average molecular weight is 284 g/mol. The van der Waals surface area contributed by atoms with E-state index in [1.807, 2.05) is 0 Å². The lowest BCUT2D eigenvalue weighted by Gasteiger charge is -2.06. The van der Waals surface area contributed by atoms with Gasteiger partial charge < -0.3 is 11.1 Å². The standard InChI is InChI=1S/C15H13FN4O/c16-12-5-6-14(11(9-12)3-1-7-17)15(21)18-10-13-4-2-8-19-20-13/h2,4-6,8-9H,7,10,17H2,(H,18,21). The lowest BCUT2D eigenvalue weighted by atomic mass is 10.1. The minimum absolute atomic E-state index is 0.136. The smallest absolute Gasteiger partial charge is 0.252 e. The Kier molecular flexibility index (Phi) is 4.96. The highest BCUT2D eigenvalue weighted by Gasteiger charge is 2.11. The highest BCUT2D eigenvalue weighted by molar-refractivity contribution is 5.96. The maximum absolute atomic E-state index is 13.2. The second-order valence-electron chi connectivity index (χ2n) is 4.09. The van der Waals surface area contributed by atoms with E-state index >= 15 is 0 Å². The number of halogens is 1. The fraction of sp³-hybridized carbons (Fsp3) is 0.133. The van der Waals surface area contributed by atoms with E-state index in [1.165, 1.54) is 18.2 Å². The van der Waals surface area contributed by atoms with Crippen LogP contribution in [0.4, 0.5) is 4.39 Å². The molecule has 1 heterocycles. The lowest BCUT2D eigenvalue weighted by molar-refractivity contribution is 0.0950. The second kappa shape index (κ2) is 7.12. The summed E-state index contributed by atoms with van der Waals surface area (Å²) >= 11 is 0. The number of benzene rings is 1. The van der Waals surface area contributed by atoms with Crippen molar-refractivity contribution in [3.8, 4) is 11.8 Å². The molecule has 21 heavy (non-hydrogen) atoms. The molecule has 1 aromatic carbocycles. The Balaban J connectivity index is 2.15. The van der Waals surface area contributed by atoms with Crippen LogP contribution in [0.2, 0.25) is 0 Å². The third-order valence-electron chi connectivity index (χ3n) is 2.61. The zero-order chi connectivity index (χ0) is 15.1. The van der Waals surface area contributed by atoms with Crippen molar-refractivity contribution < 1.29 is 9.18 Å². The minimum Gasteiger partial charge on any atom is -0.346 e. The Bertz CT molecular complexity index is 692. The zero-order valence-corrected chi connectivity index (χ0v) is 11.1. The molecule has 2 aromatic rings. The predicted octanol–water partition coefficient (Wildman–Crippen LogP) is 0.856. The van der Waals surface area contributed by atoms with Gasteiger partial charge in [0.1, 0.15) is 5.82 Å². The van der Waals surface area contributed by atoms with Crippen molar-refractivity contribution in [2.24, 2.45) is 5.73 Å². The number of aromatic nitrogens is 2. The van der Waals surface area contributed by atoms with E-state index in [0.29, 0.717) is 16.8 Å². The van der Waals surface area contributed by atoms with Crippen LogP contribution in [0.1, 0.15) is 21.6 Å². The number of carbonyl (C=O) groups excluding carboxylic acids is 1. The summed E-state index contributed by atoms with van der Waals surface area (Å²) in [6, 6.07) is 7.28. The first kappa shape index (κ1) is 14.6. The normalized spacial score (nSPS) is 9.62. The number of nitrogens with two attached hydrogens (primary N) is 1. The summed E-state index contributed by atoms with van der Waals surface area (Å²) in [5.74, 6) is 4.48. The topological polar surface area (TPSA) is 80.9 Å². The quantitative estimate of drug-likeness (QED) is 0.819. The first-order valence-corrected chi connectivity index (χ1v) is 6.24. The van der Waals surface area contributed by atoms with Crippen molar-refractivity contribution in [3.63, 3.8) is 0 Å². The summed E-state index contributed by atoms with van der Waals surface area (Å²) < 4.78 is 13.2. The molecule has 1 amide bonds. The number of carbonyl (C=O) groups is 1. The summed E-state index contributed by atoms with van der Waals surface area (Å²) in [4.78, 5) is 12.1. The first-order valence-electron chi connectivity index (χ1n) is 6.24. The van der Waals surface area contributed by atoms with Gasteiger partial charge in [-0.2, -0.15) is 10.2 Å². The maximum atomic E-state index is 13.2. The van der Waals surface area contributed by atoms with Crippen LogP contribution < -0.4 is 11.1 Å². The molecule has 3 N–H and O–H groups in total. The van der Waals surface area contributed by atoms with Gasteiger partial charge in [0.25, 0.3) is 5.91 Å². The molecule has 106 valence electrons. The van der Waals surface area contributed by atoms with Crippen LogP contribution in [0.25, 0.3) is 0 Å². The van der Waals surface area contributed by atoms with Gasteiger partial charge in [0.05, 0.1) is 24.3 Å². The van der Waals surface area contributed by atoms with Crippen LogP contribution in [0.5, 0.6) is 0 Å². The van der Waals surface area contributed by atoms with Gasteiger partial charge in [-0.3, -0.25) is 4.79 Å². The molecule has 0 saturated heterocycles. The van der Waals surface area contributed by atoms with E-state index in [9.17, 15) is 9.18 Å². The Morgan fingerprint density at radius 1 is 1.38 bits per heavy atom. The molecule has 1 aromatic heterocycles. The second-order valence-corrected chi connectivity index (χ2v) is 4.09. The molecule has 0 saturated carbocycles. The summed E-state index contributed by atoms with van der Waals surface area (Å²) in [7, 11) is 0. The number of hydrogen-bond acceptors (Lipinski definition) is 4. The van der Waals surface area contributed by atoms with E-state index in [-0.39, 0.29) is 19.0 Å². The van der Waals surface area contributed by atoms with Crippen molar-refractivity contribution in [2.45, 2.75) is 6.54 Å². The molecule has 0 aliphatic heterocycles. The molecule has 0 radical (unpaired) electrons. The fourth-order valence-corrected chi connectivity index (χ4v) is 1.66. The maximum Gasteiger partial charge on any atom is 0.252 e. The van der Waals surface area contributed by atoms with E-state index in [1.54, 1.807) is 18.3 Å². The van der Waals surface area contributed by atoms with Crippen LogP contribution in [-0.4, -0.2) is 22.6 Å². The summed E-state index contributed by atoms with van der Waals surface area (Å²) in [6.45, 7) is 0.366. The van der Waals surface area contributed by atoms with Crippen molar-refractivity contribution in [2.75, 3.05) is 6.54 Å². The van der Waals surface area contributed by atoms with Gasteiger partial charge in [-0.05, 0) is 30.3 Å². The molecular weight excluding hydrogens is 271 g/mol. The van der Waals surface area contributed by atoms with Gasteiger partial charge >= 0.3 is 0 Å². The average Bonchev–Trinajstić information content (AvgIpc) is 2.51. The van der Waals surface area contributed by atoms with Crippen LogP contribution in [-0.2, 0) is 6.54 Å².